The first kappa shape index (κ1) is 13.7. The van der Waals surface area contributed by atoms with Crippen LogP contribution in [0.5, 0.6) is 0 Å². The van der Waals surface area contributed by atoms with E-state index in [4.69, 9.17) is 0 Å². The Morgan fingerprint density at radius 1 is 1.38 bits per heavy atom. The molecule has 0 fully saturated rings. The van der Waals surface area contributed by atoms with Gasteiger partial charge in [0.1, 0.15) is 0 Å². The first-order valence-electron chi connectivity index (χ1n) is 5.16. The number of aryl methyl sites for hydroxylation is 2. The maximum absolute atomic E-state index is 11.7. The number of nitrogens with zero attached hydrogens (tertiary/aromatic N) is 2. The molecule has 1 rings (SSSR count). The van der Waals surface area contributed by atoms with E-state index in [0.717, 1.165) is 15.9 Å². The molecule has 0 aliphatic rings. The lowest BCUT2D eigenvalue weighted by atomic mass is 10.4. The number of rotatable bonds is 4. The molecule has 1 aromatic rings. The number of halogens is 1. The van der Waals surface area contributed by atoms with Gasteiger partial charge in [0.15, 0.2) is 9.84 Å². The maximum atomic E-state index is 11.7. The minimum atomic E-state index is -2.99. The highest BCUT2D eigenvalue weighted by Crippen LogP contribution is 2.19. The summed E-state index contributed by atoms with van der Waals surface area (Å²) in [6, 6.07) is 0. The standard InChI is InChI=1S/C10H17BrN2O2S/c1-7(2)16(14,15)6-5-13-9(4)10(11)8(3)12-13/h7H,5-6H2,1-4H3. The Balaban J connectivity index is 2.80. The molecular weight excluding hydrogens is 292 g/mol. The van der Waals surface area contributed by atoms with Gasteiger partial charge in [-0.2, -0.15) is 5.10 Å². The third kappa shape index (κ3) is 2.85. The van der Waals surface area contributed by atoms with E-state index < -0.39 is 9.84 Å². The average molecular weight is 309 g/mol. The Bertz CT molecular complexity index is 477. The van der Waals surface area contributed by atoms with Crippen molar-refractivity contribution in [1.82, 2.24) is 9.78 Å². The summed E-state index contributed by atoms with van der Waals surface area (Å²) in [5, 5.41) is 3.95. The molecule has 1 heterocycles. The van der Waals surface area contributed by atoms with Crippen molar-refractivity contribution in [3.8, 4) is 0 Å². The molecule has 0 amide bonds. The summed E-state index contributed by atoms with van der Waals surface area (Å²) in [6.45, 7) is 7.63. The van der Waals surface area contributed by atoms with Crippen molar-refractivity contribution in [1.29, 1.82) is 0 Å². The minimum absolute atomic E-state index is 0.138. The molecule has 0 aliphatic heterocycles. The van der Waals surface area contributed by atoms with Gasteiger partial charge in [0, 0.05) is 5.69 Å². The van der Waals surface area contributed by atoms with Crippen LogP contribution in [-0.2, 0) is 16.4 Å². The highest BCUT2D eigenvalue weighted by Gasteiger charge is 2.17. The van der Waals surface area contributed by atoms with Crippen molar-refractivity contribution in [2.45, 2.75) is 39.5 Å². The summed E-state index contributed by atoms with van der Waals surface area (Å²) >= 11 is 3.42. The Morgan fingerprint density at radius 3 is 2.31 bits per heavy atom. The first-order chi connectivity index (χ1) is 7.25. The van der Waals surface area contributed by atoms with Gasteiger partial charge in [-0.3, -0.25) is 4.68 Å². The van der Waals surface area contributed by atoms with Crippen molar-refractivity contribution in [3.63, 3.8) is 0 Å². The van der Waals surface area contributed by atoms with E-state index in [-0.39, 0.29) is 11.0 Å². The Hall–Kier alpha value is -0.360. The highest BCUT2D eigenvalue weighted by atomic mass is 79.9. The van der Waals surface area contributed by atoms with E-state index >= 15 is 0 Å². The zero-order valence-electron chi connectivity index (χ0n) is 9.99. The van der Waals surface area contributed by atoms with Crippen LogP contribution in [0.4, 0.5) is 0 Å². The SMILES string of the molecule is Cc1nn(CCS(=O)(=O)C(C)C)c(C)c1Br. The summed E-state index contributed by atoms with van der Waals surface area (Å²) in [7, 11) is -2.99. The maximum Gasteiger partial charge on any atom is 0.154 e. The van der Waals surface area contributed by atoms with Crippen LogP contribution in [0, 0.1) is 13.8 Å². The lowest BCUT2D eigenvalue weighted by molar-refractivity contribution is 0.569. The van der Waals surface area contributed by atoms with Crippen LogP contribution in [-0.4, -0.2) is 29.2 Å². The van der Waals surface area contributed by atoms with Gasteiger partial charge in [0.05, 0.1) is 27.7 Å². The molecular formula is C10H17BrN2O2S. The summed E-state index contributed by atoms with van der Waals surface area (Å²) in [5.41, 5.74) is 1.86. The summed E-state index contributed by atoms with van der Waals surface area (Å²) in [5.74, 6) is 0.138. The molecule has 6 heteroatoms. The molecule has 4 nitrogen and oxygen atoms in total. The van der Waals surface area contributed by atoms with Crippen LogP contribution < -0.4 is 0 Å². The largest absolute Gasteiger partial charge is 0.267 e. The molecule has 0 bridgehead atoms. The predicted molar refractivity (Wildman–Crippen MR) is 68.3 cm³/mol. The fourth-order valence-electron chi connectivity index (χ4n) is 1.34. The Morgan fingerprint density at radius 2 is 1.94 bits per heavy atom. The van der Waals surface area contributed by atoms with Crippen molar-refractivity contribution >= 4 is 25.8 Å². The van der Waals surface area contributed by atoms with E-state index in [2.05, 4.69) is 21.0 Å². The lowest BCUT2D eigenvalue weighted by Gasteiger charge is -2.08. The minimum Gasteiger partial charge on any atom is -0.267 e. The molecule has 0 saturated heterocycles. The van der Waals surface area contributed by atoms with Crippen molar-refractivity contribution in [2.24, 2.45) is 0 Å². The first-order valence-corrected chi connectivity index (χ1v) is 7.67. The van der Waals surface area contributed by atoms with Gasteiger partial charge in [-0.05, 0) is 43.6 Å². The second kappa shape index (κ2) is 4.87. The van der Waals surface area contributed by atoms with Crippen LogP contribution in [0.25, 0.3) is 0 Å². The quantitative estimate of drug-likeness (QED) is 0.856. The van der Waals surface area contributed by atoms with Crippen molar-refractivity contribution < 1.29 is 8.42 Å². The lowest BCUT2D eigenvalue weighted by Crippen LogP contribution is -2.22. The monoisotopic (exact) mass is 308 g/mol. The normalized spacial score (nSPS) is 12.4. The molecule has 0 atom stereocenters. The number of hydrogen-bond acceptors (Lipinski definition) is 3. The van der Waals surface area contributed by atoms with Crippen LogP contribution in [0.3, 0.4) is 0 Å². The predicted octanol–water partition coefficient (Wildman–Crippen LogP) is 2.09. The van der Waals surface area contributed by atoms with Crippen molar-refractivity contribution in [2.75, 3.05) is 5.75 Å². The zero-order chi connectivity index (χ0) is 12.5. The molecule has 0 spiro atoms. The fraction of sp³-hybridized carbons (Fsp3) is 0.700. The van der Waals surface area contributed by atoms with Gasteiger partial charge in [-0.1, -0.05) is 0 Å². The van der Waals surface area contributed by atoms with Gasteiger partial charge in [0.25, 0.3) is 0 Å². The second-order valence-corrected chi connectivity index (χ2v) is 7.59. The molecule has 0 radical (unpaired) electrons. The Labute approximate surface area is 105 Å². The molecule has 0 saturated carbocycles. The van der Waals surface area contributed by atoms with E-state index in [9.17, 15) is 8.42 Å². The number of aromatic nitrogens is 2. The average Bonchev–Trinajstić information content (AvgIpc) is 2.43. The molecule has 0 unspecified atom stereocenters. The van der Waals surface area contributed by atoms with Crippen LogP contribution >= 0.6 is 15.9 Å². The number of sulfone groups is 1. The Kier molecular flexibility index (Phi) is 4.17. The summed E-state index contributed by atoms with van der Waals surface area (Å²) in [4.78, 5) is 0. The van der Waals surface area contributed by atoms with Crippen molar-refractivity contribution in [3.05, 3.63) is 15.9 Å². The topological polar surface area (TPSA) is 52.0 Å². The molecule has 1 aromatic heterocycles. The molecule has 92 valence electrons. The van der Waals surface area contributed by atoms with E-state index in [0.29, 0.717) is 6.54 Å². The van der Waals surface area contributed by atoms with Gasteiger partial charge in [-0.25, -0.2) is 8.42 Å². The van der Waals surface area contributed by atoms with Crippen LogP contribution in [0.1, 0.15) is 25.2 Å². The summed E-state index contributed by atoms with van der Waals surface area (Å²) < 4.78 is 26.0. The van der Waals surface area contributed by atoms with E-state index in [1.54, 1.807) is 18.5 Å². The molecule has 0 aromatic carbocycles. The number of hydrogen-bond donors (Lipinski definition) is 0. The third-order valence-electron chi connectivity index (χ3n) is 2.60. The molecule has 0 N–H and O–H groups in total. The second-order valence-electron chi connectivity index (χ2n) is 4.12. The van der Waals surface area contributed by atoms with Gasteiger partial charge in [-0.15, -0.1) is 0 Å². The molecule has 16 heavy (non-hydrogen) atoms. The summed E-state index contributed by atoms with van der Waals surface area (Å²) in [6.07, 6.45) is 0. The van der Waals surface area contributed by atoms with E-state index in [1.165, 1.54) is 0 Å². The van der Waals surface area contributed by atoms with Gasteiger partial charge < -0.3 is 0 Å². The smallest absolute Gasteiger partial charge is 0.154 e. The van der Waals surface area contributed by atoms with Gasteiger partial charge >= 0.3 is 0 Å². The molecule has 0 aliphatic carbocycles. The van der Waals surface area contributed by atoms with E-state index in [1.807, 2.05) is 13.8 Å². The van der Waals surface area contributed by atoms with Crippen LogP contribution in [0.15, 0.2) is 4.47 Å². The van der Waals surface area contributed by atoms with Gasteiger partial charge in [0.2, 0.25) is 0 Å². The third-order valence-corrected chi connectivity index (χ3v) is 5.93. The van der Waals surface area contributed by atoms with Crippen LogP contribution in [0.2, 0.25) is 0 Å². The highest BCUT2D eigenvalue weighted by molar-refractivity contribution is 9.10. The zero-order valence-corrected chi connectivity index (χ0v) is 12.4. The fourth-order valence-corrected chi connectivity index (χ4v) is 2.52.